The fourth-order valence-corrected chi connectivity index (χ4v) is 2.38. The van der Waals surface area contributed by atoms with Gasteiger partial charge in [-0.25, -0.2) is 14.5 Å². The van der Waals surface area contributed by atoms with Crippen LogP contribution in [0.4, 0.5) is 0 Å². The monoisotopic (exact) mass is 291 g/mol. The molecule has 0 atom stereocenters. The number of carbonyl (C=O) groups is 1. The molecule has 0 aliphatic heterocycles. The number of hydrogen-bond donors (Lipinski definition) is 1. The average Bonchev–Trinajstić information content (AvgIpc) is 2.94. The van der Waals surface area contributed by atoms with Crippen molar-refractivity contribution in [1.29, 1.82) is 0 Å². The molecule has 0 aliphatic rings. The van der Waals surface area contributed by atoms with Crippen LogP contribution in [0, 0.1) is 0 Å². The first kappa shape index (κ1) is 15.2. The molecule has 0 spiro atoms. The Morgan fingerprint density at radius 1 is 1.38 bits per heavy atom. The number of hydrogen-bond acceptors (Lipinski definition) is 4. The van der Waals surface area contributed by atoms with Crippen molar-refractivity contribution in [2.24, 2.45) is 0 Å². The summed E-state index contributed by atoms with van der Waals surface area (Å²) >= 11 is 0. The van der Waals surface area contributed by atoms with Gasteiger partial charge < -0.3 is 9.67 Å². The van der Waals surface area contributed by atoms with Crippen LogP contribution >= 0.6 is 0 Å². The van der Waals surface area contributed by atoms with E-state index >= 15 is 0 Å². The third kappa shape index (κ3) is 2.96. The molecule has 0 saturated carbocycles. The Morgan fingerprint density at radius 3 is 2.57 bits per heavy atom. The van der Waals surface area contributed by atoms with Gasteiger partial charge in [0.25, 0.3) is 0 Å². The molecule has 0 aromatic carbocycles. The molecule has 0 bridgehead atoms. The summed E-state index contributed by atoms with van der Waals surface area (Å²) in [6.07, 6.45) is 3.54. The van der Waals surface area contributed by atoms with Gasteiger partial charge in [-0.05, 0) is 13.8 Å². The highest BCUT2D eigenvalue weighted by molar-refractivity contribution is 5.86. The first-order valence-corrected chi connectivity index (χ1v) is 6.89. The van der Waals surface area contributed by atoms with Crippen LogP contribution in [-0.2, 0) is 12.0 Å². The molecule has 114 valence electrons. The molecule has 0 amide bonds. The maximum Gasteiger partial charge on any atom is 0.358 e. The standard InChI is InChI=1S/C14H21N5O2/c1-9(2)18-8-15-6-10(18)7-19-12(14(3,4)5)11(13(20)21)16-17-19/h6,8-9H,7H2,1-5H3,(H,20,21). The van der Waals surface area contributed by atoms with Crippen molar-refractivity contribution in [3.63, 3.8) is 0 Å². The quantitative estimate of drug-likeness (QED) is 0.932. The Labute approximate surface area is 123 Å². The van der Waals surface area contributed by atoms with Gasteiger partial charge in [-0.1, -0.05) is 26.0 Å². The van der Waals surface area contributed by atoms with Gasteiger partial charge in [-0.3, -0.25) is 0 Å². The van der Waals surface area contributed by atoms with Crippen LogP contribution in [0.3, 0.4) is 0 Å². The smallest absolute Gasteiger partial charge is 0.358 e. The molecule has 0 fully saturated rings. The van der Waals surface area contributed by atoms with Crippen molar-refractivity contribution in [3.8, 4) is 0 Å². The average molecular weight is 291 g/mol. The Morgan fingerprint density at radius 2 is 2.05 bits per heavy atom. The number of carboxylic acids is 1. The molecular weight excluding hydrogens is 270 g/mol. The van der Waals surface area contributed by atoms with Gasteiger partial charge in [0, 0.05) is 11.5 Å². The molecule has 0 unspecified atom stereocenters. The van der Waals surface area contributed by atoms with Crippen molar-refractivity contribution < 1.29 is 9.90 Å². The Kier molecular flexibility index (Phi) is 3.85. The minimum atomic E-state index is -1.05. The summed E-state index contributed by atoms with van der Waals surface area (Å²) in [7, 11) is 0. The molecule has 7 nitrogen and oxygen atoms in total. The third-order valence-electron chi connectivity index (χ3n) is 3.26. The minimum absolute atomic E-state index is 0.0121. The molecule has 1 N–H and O–H groups in total. The third-order valence-corrected chi connectivity index (χ3v) is 3.26. The lowest BCUT2D eigenvalue weighted by Crippen LogP contribution is -2.23. The first-order chi connectivity index (χ1) is 9.71. The van der Waals surface area contributed by atoms with Gasteiger partial charge in [0.15, 0.2) is 5.69 Å². The number of aromatic nitrogens is 5. The van der Waals surface area contributed by atoms with Crippen molar-refractivity contribution in [3.05, 3.63) is 29.6 Å². The highest BCUT2D eigenvalue weighted by Gasteiger charge is 2.29. The van der Waals surface area contributed by atoms with Gasteiger partial charge in [-0.2, -0.15) is 0 Å². The van der Waals surface area contributed by atoms with Crippen LogP contribution in [0.5, 0.6) is 0 Å². The second-order valence-corrected chi connectivity index (χ2v) is 6.39. The molecule has 2 aromatic rings. The van der Waals surface area contributed by atoms with E-state index in [1.54, 1.807) is 17.2 Å². The predicted octanol–water partition coefficient (Wildman–Crippen LogP) is 2.10. The van der Waals surface area contributed by atoms with E-state index in [4.69, 9.17) is 0 Å². The Bertz CT molecular complexity index is 649. The summed E-state index contributed by atoms with van der Waals surface area (Å²) < 4.78 is 3.69. The van der Waals surface area contributed by atoms with Gasteiger partial charge >= 0.3 is 5.97 Å². The van der Waals surface area contributed by atoms with Crippen molar-refractivity contribution >= 4 is 5.97 Å². The van der Waals surface area contributed by atoms with Gasteiger partial charge in [0.1, 0.15) is 0 Å². The fraction of sp³-hybridized carbons (Fsp3) is 0.571. The first-order valence-electron chi connectivity index (χ1n) is 6.89. The van der Waals surface area contributed by atoms with Gasteiger partial charge in [0.2, 0.25) is 0 Å². The summed E-state index contributed by atoms with van der Waals surface area (Å²) in [5, 5.41) is 17.1. The van der Waals surface area contributed by atoms with E-state index < -0.39 is 5.97 Å². The number of imidazole rings is 1. The number of nitrogens with zero attached hydrogens (tertiary/aromatic N) is 5. The highest BCUT2D eigenvalue weighted by atomic mass is 16.4. The van der Waals surface area contributed by atoms with Crippen LogP contribution in [0.1, 0.15) is 62.5 Å². The molecular formula is C14H21N5O2. The number of carboxylic acid groups (broad SMARTS) is 1. The molecule has 2 aromatic heterocycles. The zero-order valence-electron chi connectivity index (χ0n) is 13.0. The summed E-state index contributed by atoms with van der Waals surface area (Å²) in [4.78, 5) is 15.5. The van der Waals surface area contributed by atoms with Crippen molar-refractivity contribution in [2.75, 3.05) is 0 Å². The Balaban J connectivity index is 2.46. The van der Waals surface area contributed by atoms with E-state index in [0.29, 0.717) is 12.2 Å². The molecule has 2 rings (SSSR count). The lowest BCUT2D eigenvalue weighted by atomic mass is 9.90. The molecule has 0 saturated heterocycles. The van der Waals surface area contributed by atoms with Crippen LogP contribution < -0.4 is 0 Å². The normalized spacial score (nSPS) is 12.1. The van der Waals surface area contributed by atoms with Crippen molar-refractivity contribution in [1.82, 2.24) is 24.5 Å². The lowest BCUT2D eigenvalue weighted by molar-refractivity contribution is 0.0687. The SMILES string of the molecule is CC(C)n1cncc1Cn1nnc(C(=O)O)c1C(C)(C)C. The summed E-state index contributed by atoms with van der Waals surface area (Å²) in [5.41, 5.74) is 1.24. The molecule has 21 heavy (non-hydrogen) atoms. The summed E-state index contributed by atoms with van der Waals surface area (Å²) in [6.45, 7) is 10.4. The van der Waals surface area contributed by atoms with E-state index in [9.17, 15) is 9.90 Å². The second kappa shape index (κ2) is 5.31. The van der Waals surface area contributed by atoms with E-state index in [2.05, 4.69) is 29.1 Å². The van der Waals surface area contributed by atoms with Crippen LogP contribution in [-0.4, -0.2) is 35.6 Å². The number of aromatic carboxylic acids is 1. The number of rotatable bonds is 4. The maximum atomic E-state index is 11.3. The van der Waals surface area contributed by atoms with E-state index in [-0.39, 0.29) is 17.2 Å². The molecule has 0 aliphatic carbocycles. The minimum Gasteiger partial charge on any atom is -0.476 e. The summed E-state index contributed by atoms with van der Waals surface area (Å²) in [6, 6.07) is 0.281. The second-order valence-electron chi connectivity index (χ2n) is 6.39. The van der Waals surface area contributed by atoms with Gasteiger partial charge in [-0.15, -0.1) is 5.10 Å². The zero-order valence-corrected chi connectivity index (χ0v) is 13.0. The predicted molar refractivity (Wildman–Crippen MR) is 77.4 cm³/mol. The molecule has 2 heterocycles. The zero-order chi connectivity index (χ0) is 15.8. The van der Waals surface area contributed by atoms with E-state index in [1.807, 2.05) is 25.3 Å². The molecule has 0 radical (unpaired) electrons. The largest absolute Gasteiger partial charge is 0.476 e. The molecule has 7 heteroatoms. The summed E-state index contributed by atoms with van der Waals surface area (Å²) in [5.74, 6) is -1.05. The highest BCUT2D eigenvalue weighted by Crippen LogP contribution is 2.25. The van der Waals surface area contributed by atoms with Crippen LogP contribution in [0.25, 0.3) is 0 Å². The van der Waals surface area contributed by atoms with Crippen LogP contribution in [0.15, 0.2) is 12.5 Å². The van der Waals surface area contributed by atoms with Gasteiger partial charge in [0.05, 0.1) is 30.5 Å². The topological polar surface area (TPSA) is 85.8 Å². The fourth-order valence-electron chi connectivity index (χ4n) is 2.38. The lowest BCUT2D eigenvalue weighted by Gasteiger charge is -2.21. The van der Waals surface area contributed by atoms with E-state index in [1.165, 1.54) is 0 Å². The van der Waals surface area contributed by atoms with E-state index in [0.717, 1.165) is 5.69 Å². The van der Waals surface area contributed by atoms with Crippen molar-refractivity contribution in [2.45, 2.75) is 52.6 Å². The maximum absolute atomic E-state index is 11.3. The van der Waals surface area contributed by atoms with Crippen LogP contribution in [0.2, 0.25) is 0 Å². The Hall–Kier alpha value is -2.18.